The van der Waals surface area contributed by atoms with Crippen LogP contribution in [-0.2, 0) is 16.0 Å². The number of fused-ring (bicyclic) bond motifs is 1. The van der Waals surface area contributed by atoms with E-state index in [4.69, 9.17) is 9.47 Å². The van der Waals surface area contributed by atoms with Crippen LogP contribution in [0.2, 0.25) is 0 Å². The van der Waals surface area contributed by atoms with Crippen molar-refractivity contribution in [2.24, 2.45) is 0 Å². The minimum atomic E-state index is -2.50. The third-order valence-electron chi connectivity index (χ3n) is 5.48. The molecule has 0 saturated heterocycles. The number of pyridine rings is 1. The average Bonchev–Trinajstić information content (AvgIpc) is 2.86. The van der Waals surface area contributed by atoms with Gasteiger partial charge in [-0.2, -0.15) is 0 Å². The molecule has 8 nitrogen and oxygen atoms in total. The van der Waals surface area contributed by atoms with Gasteiger partial charge in [0, 0.05) is 17.0 Å². The maximum Gasteiger partial charge on any atom is 0.360 e. The fraction of sp³-hybridized carbons (Fsp3) is 0.185. The van der Waals surface area contributed by atoms with Crippen molar-refractivity contribution in [3.05, 3.63) is 84.2 Å². The zero-order valence-corrected chi connectivity index (χ0v) is 20.7. The lowest BCUT2D eigenvalue weighted by atomic mass is 10.1. The number of aromatic hydroxyl groups is 1. The largest absolute Gasteiger partial charge is 0.755 e. The normalized spacial score (nSPS) is 11.8. The second-order valence-electron chi connectivity index (χ2n) is 8.14. The number of unbranched alkanes of at least 4 members (excludes halogenated alkanes) is 1. The van der Waals surface area contributed by atoms with E-state index in [0.717, 1.165) is 18.4 Å². The van der Waals surface area contributed by atoms with E-state index in [1.165, 1.54) is 10.5 Å². The summed E-state index contributed by atoms with van der Waals surface area (Å²) in [4.78, 5) is 16.3. The van der Waals surface area contributed by atoms with E-state index in [9.17, 15) is 18.7 Å². The van der Waals surface area contributed by atoms with Gasteiger partial charge in [0.25, 0.3) is 0 Å². The molecular formula is C27H25N2O6S-. The highest BCUT2D eigenvalue weighted by Crippen LogP contribution is 2.33. The van der Waals surface area contributed by atoms with E-state index >= 15 is 0 Å². The van der Waals surface area contributed by atoms with Crippen molar-refractivity contribution in [1.29, 1.82) is 0 Å². The lowest BCUT2D eigenvalue weighted by Crippen LogP contribution is -2.19. The molecule has 1 unspecified atom stereocenters. The molecule has 0 aliphatic heterocycles. The summed E-state index contributed by atoms with van der Waals surface area (Å²) < 4.78 is 36.0. The van der Waals surface area contributed by atoms with Crippen LogP contribution in [0, 0.1) is 6.92 Å². The first kappa shape index (κ1) is 25.2. The Morgan fingerprint density at radius 2 is 1.67 bits per heavy atom. The van der Waals surface area contributed by atoms with Crippen LogP contribution >= 0.6 is 0 Å². The van der Waals surface area contributed by atoms with E-state index in [-0.39, 0.29) is 18.1 Å². The minimum Gasteiger partial charge on any atom is -0.755 e. The van der Waals surface area contributed by atoms with E-state index in [1.54, 1.807) is 54.6 Å². The Balaban J connectivity index is 1.52. The van der Waals surface area contributed by atoms with Gasteiger partial charge in [-0.05, 0) is 67.9 Å². The van der Waals surface area contributed by atoms with Gasteiger partial charge in [0.15, 0.2) is 11.4 Å². The first-order valence-electron chi connectivity index (χ1n) is 11.4. The maximum atomic E-state index is 12.2. The molecule has 0 amide bonds. The van der Waals surface area contributed by atoms with Gasteiger partial charge in [-0.3, -0.25) is 8.51 Å². The maximum absolute atomic E-state index is 12.2. The molecule has 9 heteroatoms. The van der Waals surface area contributed by atoms with Gasteiger partial charge in [0.05, 0.1) is 29.2 Å². The lowest BCUT2D eigenvalue weighted by molar-refractivity contribution is 0.0489. The smallest absolute Gasteiger partial charge is 0.360 e. The van der Waals surface area contributed by atoms with Crippen LogP contribution in [0.25, 0.3) is 10.8 Å². The van der Waals surface area contributed by atoms with Gasteiger partial charge >= 0.3 is 5.97 Å². The molecule has 0 radical (unpaired) electrons. The summed E-state index contributed by atoms with van der Waals surface area (Å²) in [6, 6.07) is 18.8. The van der Waals surface area contributed by atoms with Gasteiger partial charge in [0.1, 0.15) is 11.5 Å². The van der Waals surface area contributed by atoms with Crippen molar-refractivity contribution in [3.63, 3.8) is 0 Å². The average molecular weight is 506 g/mol. The molecule has 1 N–H and O–H groups in total. The molecule has 0 aliphatic carbocycles. The molecule has 0 spiro atoms. The van der Waals surface area contributed by atoms with E-state index in [0.29, 0.717) is 33.6 Å². The Labute approximate surface area is 211 Å². The number of benzene rings is 3. The fourth-order valence-electron chi connectivity index (χ4n) is 3.56. The standard InChI is InChI=1S/C27H26N2O6S/c1-3-4-15-34-27(31)25-26(30)24-14-13-23(16-19(24)17-28-25)35-22-11-9-21(10-12-22)29(36(32)33)20-7-5-18(2)6-8-20/h5-14,16-17,30H,3-4,15H2,1-2H3,(H,32,33)/p-1. The molecule has 4 rings (SSSR count). The van der Waals surface area contributed by atoms with Crippen molar-refractivity contribution in [2.45, 2.75) is 26.7 Å². The molecule has 0 bridgehead atoms. The Kier molecular flexibility index (Phi) is 7.82. The van der Waals surface area contributed by atoms with E-state index < -0.39 is 17.2 Å². The van der Waals surface area contributed by atoms with Gasteiger partial charge < -0.3 is 19.1 Å². The number of ether oxygens (including phenoxy) is 2. The SMILES string of the molecule is CCCCOC(=O)c1ncc2cc(Oc3ccc(N(c4ccc(C)cc4)S(=O)[O-])cc3)ccc2c1O. The number of rotatable bonds is 9. The summed E-state index contributed by atoms with van der Waals surface area (Å²) in [5, 5.41) is 11.6. The van der Waals surface area contributed by atoms with Crippen LogP contribution in [0.15, 0.2) is 72.9 Å². The quantitative estimate of drug-likeness (QED) is 0.170. The topological polar surface area (TPSA) is 112 Å². The second kappa shape index (κ2) is 11.2. The molecule has 3 aromatic carbocycles. The second-order valence-corrected chi connectivity index (χ2v) is 8.94. The number of anilines is 2. The third-order valence-corrected chi connectivity index (χ3v) is 6.20. The molecule has 186 valence electrons. The van der Waals surface area contributed by atoms with Gasteiger partial charge in [0.2, 0.25) is 0 Å². The van der Waals surface area contributed by atoms with E-state index in [2.05, 4.69) is 4.98 Å². The number of nitrogens with zero attached hydrogens (tertiary/aromatic N) is 2. The van der Waals surface area contributed by atoms with Crippen molar-refractivity contribution < 1.29 is 28.1 Å². The van der Waals surface area contributed by atoms with Gasteiger partial charge in [-0.15, -0.1) is 0 Å². The number of aryl methyl sites for hydroxylation is 1. The monoisotopic (exact) mass is 505 g/mol. The van der Waals surface area contributed by atoms with Crippen molar-refractivity contribution >= 4 is 39.4 Å². The molecule has 0 fully saturated rings. The molecule has 36 heavy (non-hydrogen) atoms. The summed E-state index contributed by atoms with van der Waals surface area (Å²) in [5.74, 6) is 0.0677. The number of hydrogen-bond acceptors (Lipinski definition) is 7. The van der Waals surface area contributed by atoms with Crippen molar-refractivity contribution in [2.75, 3.05) is 10.9 Å². The highest BCUT2D eigenvalue weighted by atomic mass is 32.2. The summed E-state index contributed by atoms with van der Waals surface area (Å²) in [6.45, 7) is 4.19. The molecule has 1 heterocycles. The minimum absolute atomic E-state index is 0.128. The van der Waals surface area contributed by atoms with Crippen LogP contribution in [0.5, 0.6) is 17.2 Å². The number of aromatic nitrogens is 1. The summed E-state index contributed by atoms with van der Waals surface area (Å²) >= 11 is -2.50. The third kappa shape index (κ3) is 5.64. The number of esters is 1. The molecule has 0 saturated carbocycles. The molecule has 4 aromatic rings. The van der Waals surface area contributed by atoms with Crippen molar-refractivity contribution in [1.82, 2.24) is 4.98 Å². The zero-order chi connectivity index (χ0) is 25.7. The van der Waals surface area contributed by atoms with Crippen LogP contribution in [0.4, 0.5) is 11.4 Å². The molecular weight excluding hydrogens is 480 g/mol. The van der Waals surface area contributed by atoms with Crippen LogP contribution in [0.3, 0.4) is 0 Å². The number of carbonyl (C=O) groups is 1. The lowest BCUT2D eigenvalue weighted by Gasteiger charge is -2.26. The first-order chi connectivity index (χ1) is 17.4. The number of hydrogen-bond donors (Lipinski definition) is 1. The highest BCUT2D eigenvalue weighted by Gasteiger charge is 2.17. The zero-order valence-electron chi connectivity index (χ0n) is 19.8. The van der Waals surface area contributed by atoms with Crippen LogP contribution in [-0.4, -0.2) is 31.4 Å². The van der Waals surface area contributed by atoms with Gasteiger partial charge in [-0.1, -0.05) is 31.0 Å². The Bertz CT molecular complexity index is 1390. The highest BCUT2D eigenvalue weighted by molar-refractivity contribution is 7.81. The summed E-state index contributed by atoms with van der Waals surface area (Å²) in [7, 11) is 0. The first-order valence-corrected chi connectivity index (χ1v) is 12.4. The Morgan fingerprint density at radius 3 is 2.31 bits per heavy atom. The molecule has 0 aliphatic rings. The van der Waals surface area contributed by atoms with Crippen LogP contribution < -0.4 is 9.04 Å². The molecule has 1 aromatic heterocycles. The van der Waals surface area contributed by atoms with E-state index in [1.807, 2.05) is 26.0 Å². The summed E-state index contributed by atoms with van der Waals surface area (Å²) in [5.41, 5.74) is 1.89. The Morgan fingerprint density at radius 1 is 1.03 bits per heavy atom. The molecule has 1 atom stereocenters. The number of carbonyl (C=O) groups excluding carboxylic acids is 1. The predicted molar refractivity (Wildman–Crippen MR) is 137 cm³/mol. The summed E-state index contributed by atoms with van der Waals surface area (Å²) in [6.07, 6.45) is 3.10. The predicted octanol–water partition coefficient (Wildman–Crippen LogP) is 5.93. The fourth-order valence-corrected chi connectivity index (χ4v) is 4.15. The Hall–Kier alpha value is -3.95. The van der Waals surface area contributed by atoms with Gasteiger partial charge in [-0.25, -0.2) is 9.78 Å². The van der Waals surface area contributed by atoms with Crippen molar-refractivity contribution in [3.8, 4) is 17.2 Å². The van der Waals surface area contributed by atoms with Crippen LogP contribution in [0.1, 0.15) is 35.8 Å².